The largest absolute Gasteiger partial charge is 1.00 e. The van der Waals surface area contributed by atoms with Crippen LogP contribution >= 0.6 is 11.6 Å². The number of anilines is 1. The molecule has 0 saturated carbocycles. The number of nitrogens with zero attached hydrogens (tertiary/aromatic N) is 2. The van der Waals surface area contributed by atoms with Crippen LogP contribution < -0.4 is 17.3 Å². The lowest BCUT2D eigenvalue weighted by Gasteiger charge is -2.27. The van der Waals surface area contributed by atoms with Crippen LogP contribution in [0.25, 0.3) is 0 Å². The summed E-state index contributed by atoms with van der Waals surface area (Å²) in [5, 5.41) is 9.84. The number of carboxylic acids is 1. The summed E-state index contributed by atoms with van der Waals surface area (Å²) in [5.41, 5.74) is 9.00. The number of aliphatic carboxylic acids is 1. The van der Waals surface area contributed by atoms with E-state index in [1.807, 2.05) is 6.07 Å². The van der Waals surface area contributed by atoms with Crippen molar-refractivity contribution in [3.05, 3.63) is 106 Å². The fourth-order valence-electron chi connectivity index (χ4n) is 7.61. The molecule has 0 unspecified atom stereocenters. The standard InChI is InChI=1S/C40H49ClN2O5S.ClH/c1-39(2)31-17-7-9-19-33(31)42(26-11-5-6-21-37(44)45)35(39)24-22-29-15-14-16-30(38(29)41)23-25-36-40(3,4)32-18-8-10-20-34(32)43(36)27-12-13-28-49(46,47)48;/h7-10,17-20,22-25H,5-6,11-16,21,26-28H2,1-4H3,(H-,44,45,46,47,48);1H. The average molecular weight is 742 g/mol. The quantitative estimate of drug-likeness (QED) is 0.136. The van der Waals surface area contributed by atoms with E-state index in [1.165, 1.54) is 22.5 Å². The van der Waals surface area contributed by atoms with E-state index in [0.717, 1.165) is 66.2 Å². The number of halogens is 2. The Balaban J connectivity index is 0.00000562. The molecule has 5 rings (SSSR count). The molecule has 0 radical (unpaired) electrons. The molecule has 0 bridgehead atoms. The molecule has 1 aliphatic carbocycles. The SMILES string of the molecule is CC1(C)C(/C=C/C2=C(Cl)C(=C/C=C3/N(CCCCS(=O)(=O)O)c4ccccc4C3(C)C)/CCC2)=[N+](CCCCCC(=O)O)c2ccccc21.[Cl-]. The normalized spacial score (nSPS) is 19.8. The fraction of sp³-hybridized carbons (Fsp3) is 0.450. The lowest BCUT2D eigenvalue weighted by molar-refractivity contribution is -0.438. The van der Waals surface area contributed by atoms with Crippen LogP contribution in [-0.4, -0.2) is 53.2 Å². The van der Waals surface area contributed by atoms with Crippen LogP contribution in [0.5, 0.6) is 0 Å². The van der Waals surface area contributed by atoms with Crippen LogP contribution in [0, 0.1) is 0 Å². The number of fused-ring (bicyclic) bond motifs is 2. The first-order chi connectivity index (χ1) is 23.2. The Bertz CT molecular complexity index is 1850. The Morgan fingerprint density at radius 1 is 0.900 bits per heavy atom. The first-order valence-electron chi connectivity index (χ1n) is 17.5. The van der Waals surface area contributed by atoms with Crippen LogP contribution in [0.15, 0.2) is 94.7 Å². The van der Waals surface area contributed by atoms with Gasteiger partial charge in [0.2, 0.25) is 5.69 Å². The van der Waals surface area contributed by atoms with Crippen LogP contribution in [0.1, 0.15) is 96.6 Å². The van der Waals surface area contributed by atoms with Crippen molar-refractivity contribution in [3.63, 3.8) is 0 Å². The van der Waals surface area contributed by atoms with E-state index in [4.69, 9.17) is 16.7 Å². The molecule has 3 aliphatic rings. The topological polar surface area (TPSA) is 97.9 Å². The van der Waals surface area contributed by atoms with Crippen molar-refractivity contribution in [1.82, 2.24) is 0 Å². The highest BCUT2D eigenvalue weighted by Gasteiger charge is 2.44. The highest BCUT2D eigenvalue weighted by atomic mass is 35.5. The number of hydrogen-bond acceptors (Lipinski definition) is 4. The number of para-hydroxylation sites is 2. The van der Waals surface area contributed by atoms with E-state index >= 15 is 0 Å². The number of hydrogen-bond donors (Lipinski definition) is 2. The molecule has 7 nitrogen and oxygen atoms in total. The molecule has 0 saturated heterocycles. The van der Waals surface area contributed by atoms with Gasteiger partial charge in [0.15, 0.2) is 5.71 Å². The molecule has 2 aromatic rings. The second-order valence-corrected chi connectivity index (χ2v) is 16.4. The first-order valence-corrected chi connectivity index (χ1v) is 19.5. The van der Waals surface area contributed by atoms with Gasteiger partial charge in [-0.2, -0.15) is 13.0 Å². The van der Waals surface area contributed by atoms with Gasteiger partial charge in [0.25, 0.3) is 10.1 Å². The number of allylic oxidation sites excluding steroid dienone is 8. The van der Waals surface area contributed by atoms with Gasteiger partial charge >= 0.3 is 5.97 Å². The Kier molecular flexibility index (Phi) is 13.0. The Labute approximate surface area is 309 Å². The molecule has 0 fully saturated rings. The fourth-order valence-corrected chi connectivity index (χ4v) is 8.49. The summed E-state index contributed by atoms with van der Waals surface area (Å²) in [5.74, 6) is -0.980. The zero-order valence-corrected chi connectivity index (χ0v) is 31.9. The second kappa shape index (κ2) is 16.4. The zero-order chi connectivity index (χ0) is 35.4. The summed E-state index contributed by atoms with van der Waals surface area (Å²) in [6, 6.07) is 16.9. The Hall–Kier alpha value is -3.17. The lowest BCUT2D eigenvalue weighted by atomic mass is 9.81. The molecule has 2 heterocycles. The minimum absolute atomic E-state index is 0. The van der Waals surface area contributed by atoms with Crippen molar-refractivity contribution >= 4 is 44.8 Å². The molecule has 0 atom stereocenters. The number of carbonyl (C=O) groups is 1. The minimum Gasteiger partial charge on any atom is -1.00 e. The van der Waals surface area contributed by atoms with Crippen molar-refractivity contribution in [2.75, 3.05) is 23.7 Å². The number of benzene rings is 2. The van der Waals surface area contributed by atoms with Gasteiger partial charge in [0.05, 0.1) is 11.2 Å². The van der Waals surface area contributed by atoms with Gasteiger partial charge in [-0.05, 0) is 87.6 Å². The number of unbranched alkanes of at least 4 members (excludes halogenated alkanes) is 3. The minimum atomic E-state index is -3.99. The Morgan fingerprint density at radius 3 is 2.32 bits per heavy atom. The molecule has 10 heteroatoms. The van der Waals surface area contributed by atoms with Gasteiger partial charge in [0.1, 0.15) is 6.54 Å². The van der Waals surface area contributed by atoms with E-state index in [9.17, 15) is 17.8 Å². The van der Waals surface area contributed by atoms with Gasteiger partial charge in [0, 0.05) is 58.9 Å². The molecule has 2 aliphatic heterocycles. The second-order valence-electron chi connectivity index (χ2n) is 14.4. The van der Waals surface area contributed by atoms with E-state index in [0.29, 0.717) is 25.8 Å². The van der Waals surface area contributed by atoms with Crippen molar-refractivity contribution in [1.29, 1.82) is 0 Å². The average Bonchev–Trinajstić information content (AvgIpc) is 3.39. The van der Waals surface area contributed by atoms with Crippen molar-refractivity contribution < 1.29 is 39.9 Å². The van der Waals surface area contributed by atoms with Gasteiger partial charge in [-0.25, -0.2) is 0 Å². The molecular formula is C40H50Cl2N2O5S. The monoisotopic (exact) mass is 740 g/mol. The highest BCUT2D eigenvalue weighted by molar-refractivity contribution is 7.85. The predicted octanol–water partition coefficient (Wildman–Crippen LogP) is 6.22. The maximum atomic E-state index is 11.3. The van der Waals surface area contributed by atoms with Gasteiger partial charge in [-0.15, -0.1) is 0 Å². The highest BCUT2D eigenvalue weighted by Crippen LogP contribution is 2.48. The molecule has 0 amide bonds. The maximum absolute atomic E-state index is 11.3. The molecule has 0 aromatic heterocycles. The van der Waals surface area contributed by atoms with Gasteiger partial charge < -0.3 is 22.4 Å². The summed E-state index contributed by atoms with van der Waals surface area (Å²) in [6.07, 6.45) is 15.3. The molecule has 2 N–H and O–H groups in total. The molecular weight excluding hydrogens is 691 g/mol. The van der Waals surface area contributed by atoms with E-state index < -0.39 is 16.1 Å². The number of carboxylic acid groups (broad SMARTS) is 1. The third-order valence-corrected chi connectivity index (χ3v) is 11.5. The molecule has 0 spiro atoms. The third kappa shape index (κ3) is 8.82. The first kappa shape index (κ1) is 39.6. The van der Waals surface area contributed by atoms with E-state index in [2.05, 4.69) is 104 Å². The number of rotatable bonds is 14. The predicted molar refractivity (Wildman–Crippen MR) is 200 cm³/mol. The molecule has 2 aromatic carbocycles. The summed E-state index contributed by atoms with van der Waals surface area (Å²) < 4.78 is 34.2. The van der Waals surface area contributed by atoms with Crippen LogP contribution in [0.3, 0.4) is 0 Å². The maximum Gasteiger partial charge on any atom is 0.303 e. The Morgan fingerprint density at radius 2 is 1.60 bits per heavy atom. The van der Waals surface area contributed by atoms with Gasteiger partial charge in [-0.1, -0.05) is 74.0 Å². The van der Waals surface area contributed by atoms with Crippen LogP contribution in [0.2, 0.25) is 0 Å². The van der Waals surface area contributed by atoms with Crippen molar-refractivity contribution in [2.24, 2.45) is 0 Å². The van der Waals surface area contributed by atoms with Crippen LogP contribution in [-0.2, 0) is 25.7 Å². The smallest absolute Gasteiger partial charge is 0.303 e. The lowest BCUT2D eigenvalue weighted by Crippen LogP contribution is -3.00. The third-order valence-electron chi connectivity index (χ3n) is 10.2. The summed E-state index contributed by atoms with van der Waals surface area (Å²) >= 11 is 7.17. The summed E-state index contributed by atoms with van der Waals surface area (Å²) in [4.78, 5) is 13.3. The zero-order valence-electron chi connectivity index (χ0n) is 29.6. The van der Waals surface area contributed by atoms with Crippen molar-refractivity contribution in [2.45, 2.75) is 96.3 Å². The summed E-state index contributed by atoms with van der Waals surface area (Å²) in [7, 11) is -3.99. The molecule has 270 valence electrons. The van der Waals surface area contributed by atoms with E-state index in [-0.39, 0.29) is 35.4 Å². The molecule has 50 heavy (non-hydrogen) atoms. The van der Waals surface area contributed by atoms with E-state index in [1.54, 1.807) is 0 Å². The summed E-state index contributed by atoms with van der Waals surface area (Å²) in [6.45, 7) is 10.4. The van der Waals surface area contributed by atoms with Crippen molar-refractivity contribution in [3.8, 4) is 0 Å². The van der Waals surface area contributed by atoms with Crippen LogP contribution in [0.4, 0.5) is 11.4 Å². The van der Waals surface area contributed by atoms with Gasteiger partial charge in [-0.3, -0.25) is 9.35 Å².